The van der Waals surface area contributed by atoms with Gasteiger partial charge in [0.2, 0.25) is 0 Å². The number of hydrogen-bond donors (Lipinski definition) is 0. The Balaban J connectivity index is 3.29. The Bertz CT molecular complexity index is 67.3. The molecule has 0 aliphatic heterocycles. The maximum Gasteiger partial charge on any atom is 0.0640 e. The zero-order chi connectivity index (χ0) is 7.11. The number of thiocarbonyl (C=S) groups is 1. The van der Waals surface area contributed by atoms with E-state index in [1.54, 1.807) is 5.49 Å². The van der Waals surface area contributed by atoms with Crippen molar-refractivity contribution in [2.45, 2.75) is 26.7 Å². The minimum Gasteiger partial charge on any atom is -0.369 e. The molecule has 0 aromatic rings. The van der Waals surface area contributed by atoms with Crippen LogP contribution in [0.15, 0.2) is 0 Å². The molecule has 0 rings (SSSR count). The molecular formula is C7H15NS. The summed E-state index contributed by atoms with van der Waals surface area (Å²) in [4.78, 5) is 2.18. The Hall–Kier alpha value is -0.110. The molecule has 0 saturated carbocycles. The molecule has 0 unspecified atom stereocenters. The first kappa shape index (κ1) is 8.89. The highest BCUT2D eigenvalue weighted by molar-refractivity contribution is 7.78. The zero-order valence-corrected chi connectivity index (χ0v) is 7.08. The molecule has 0 spiro atoms. The maximum atomic E-state index is 4.81. The Morgan fingerprint density at radius 3 is 1.89 bits per heavy atom. The first-order valence-electron chi connectivity index (χ1n) is 3.54. The van der Waals surface area contributed by atoms with Crippen LogP contribution in [0.5, 0.6) is 0 Å². The summed E-state index contributed by atoms with van der Waals surface area (Å²) in [6.45, 7) is 6.55. The van der Waals surface area contributed by atoms with Crippen LogP contribution >= 0.6 is 12.2 Å². The van der Waals surface area contributed by atoms with Gasteiger partial charge >= 0.3 is 0 Å². The molecule has 0 N–H and O–H groups in total. The lowest BCUT2D eigenvalue weighted by atomic mass is 10.4. The van der Waals surface area contributed by atoms with Gasteiger partial charge in [-0.2, -0.15) is 0 Å². The first-order chi connectivity index (χ1) is 4.35. The second-order valence-electron chi connectivity index (χ2n) is 2.14. The molecule has 0 aliphatic rings. The predicted octanol–water partition coefficient (Wildman–Crippen LogP) is 2.07. The summed E-state index contributed by atoms with van der Waals surface area (Å²) in [5.74, 6) is 0. The largest absolute Gasteiger partial charge is 0.369 e. The highest BCUT2D eigenvalue weighted by atomic mass is 32.1. The molecule has 0 atom stereocenters. The number of rotatable bonds is 5. The van der Waals surface area contributed by atoms with Crippen LogP contribution in [0.2, 0.25) is 0 Å². The first-order valence-corrected chi connectivity index (χ1v) is 4.01. The standard InChI is InChI=1S/C7H15NS/c1-3-5-8(7-9)6-4-2/h7H,3-6H2,1-2H3. The quantitative estimate of drug-likeness (QED) is 0.545. The second-order valence-corrected chi connectivity index (χ2v) is 2.35. The van der Waals surface area contributed by atoms with Gasteiger partial charge in [0.05, 0.1) is 5.49 Å². The molecule has 9 heavy (non-hydrogen) atoms. The van der Waals surface area contributed by atoms with Crippen molar-refractivity contribution in [1.29, 1.82) is 0 Å². The summed E-state index contributed by atoms with van der Waals surface area (Å²) < 4.78 is 0. The summed E-state index contributed by atoms with van der Waals surface area (Å²) >= 11 is 4.81. The molecule has 0 heterocycles. The average molecular weight is 145 g/mol. The summed E-state index contributed by atoms with van der Waals surface area (Å²) in [7, 11) is 0. The van der Waals surface area contributed by atoms with E-state index in [-0.39, 0.29) is 0 Å². The Labute approximate surface area is 63.0 Å². The van der Waals surface area contributed by atoms with Gasteiger partial charge in [-0.15, -0.1) is 0 Å². The van der Waals surface area contributed by atoms with E-state index in [4.69, 9.17) is 12.2 Å². The van der Waals surface area contributed by atoms with Crippen molar-refractivity contribution < 1.29 is 0 Å². The predicted molar refractivity (Wildman–Crippen MR) is 45.8 cm³/mol. The number of nitrogens with zero attached hydrogens (tertiary/aromatic N) is 1. The van der Waals surface area contributed by atoms with Crippen molar-refractivity contribution in [1.82, 2.24) is 4.90 Å². The zero-order valence-electron chi connectivity index (χ0n) is 6.26. The third-order valence-corrected chi connectivity index (χ3v) is 1.47. The monoisotopic (exact) mass is 145 g/mol. The van der Waals surface area contributed by atoms with Crippen molar-refractivity contribution in [2.75, 3.05) is 13.1 Å². The molecule has 0 bridgehead atoms. The van der Waals surface area contributed by atoms with E-state index in [1.807, 2.05) is 0 Å². The van der Waals surface area contributed by atoms with Crippen molar-refractivity contribution in [3.63, 3.8) is 0 Å². The molecule has 0 amide bonds. The van der Waals surface area contributed by atoms with E-state index >= 15 is 0 Å². The van der Waals surface area contributed by atoms with Gasteiger partial charge in [0.15, 0.2) is 0 Å². The van der Waals surface area contributed by atoms with Gasteiger partial charge in [-0.05, 0) is 12.8 Å². The lowest BCUT2D eigenvalue weighted by Gasteiger charge is -2.15. The van der Waals surface area contributed by atoms with Gasteiger partial charge < -0.3 is 4.90 Å². The van der Waals surface area contributed by atoms with Crippen molar-refractivity contribution in [2.24, 2.45) is 0 Å². The summed E-state index contributed by atoms with van der Waals surface area (Å²) in [5, 5.41) is 0. The van der Waals surface area contributed by atoms with Crippen molar-refractivity contribution in [3.05, 3.63) is 0 Å². The molecule has 1 nitrogen and oxygen atoms in total. The second kappa shape index (κ2) is 6.02. The molecule has 0 aromatic carbocycles. The van der Waals surface area contributed by atoms with Crippen LogP contribution in [0.4, 0.5) is 0 Å². The molecular weight excluding hydrogens is 130 g/mol. The average Bonchev–Trinajstić information content (AvgIpc) is 1.88. The number of hydrogen-bond acceptors (Lipinski definition) is 1. The van der Waals surface area contributed by atoms with Gasteiger partial charge in [-0.25, -0.2) is 0 Å². The smallest absolute Gasteiger partial charge is 0.0640 e. The summed E-state index contributed by atoms with van der Waals surface area (Å²) in [6.07, 6.45) is 2.38. The SMILES string of the molecule is CCCN(C=S)CCC. The van der Waals surface area contributed by atoms with E-state index < -0.39 is 0 Å². The lowest BCUT2D eigenvalue weighted by Crippen LogP contribution is -2.22. The summed E-state index contributed by atoms with van der Waals surface area (Å²) in [5.41, 5.74) is 1.76. The fourth-order valence-electron chi connectivity index (χ4n) is 0.792. The molecule has 2 heteroatoms. The van der Waals surface area contributed by atoms with Crippen molar-refractivity contribution >= 4 is 17.7 Å². The highest BCUT2D eigenvalue weighted by Gasteiger charge is 1.92. The Kier molecular flexibility index (Phi) is 5.94. The van der Waals surface area contributed by atoms with Crippen LogP contribution in [0, 0.1) is 0 Å². The van der Waals surface area contributed by atoms with E-state index in [9.17, 15) is 0 Å². The molecule has 0 fully saturated rings. The van der Waals surface area contributed by atoms with E-state index in [0.717, 1.165) is 13.1 Å². The molecule has 0 aromatic heterocycles. The van der Waals surface area contributed by atoms with Gasteiger partial charge in [0.1, 0.15) is 0 Å². The normalized spacial score (nSPS) is 9.11. The Morgan fingerprint density at radius 2 is 1.67 bits per heavy atom. The third-order valence-electron chi connectivity index (χ3n) is 1.17. The minimum absolute atomic E-state index is 1.11. The van der Waals surface area contributed by atoms with Crippen molar-refractivity contribution in [3.8, 4) is 0 Å². The topological polar surface area (TPSA) is 3.24 Å². The van der Waals surface area contributed by atoms with Crippen LogP contribution in [0.3, 0.4) is 0 Å². The minimum atomic E-state index is 1.11. The molecule has 0 radical (unpaired) electrons. The third kappa shape index (κ3) is 4.40. The van der Waals surface area contributed by atoms with E-state index in [1.165, 1.54) is 12.8 Å². The van der Waals surface area contributed by atoms with E-state index in [0.29, 0.717) is 0 Å². The van der Waals surface area contributed by atoms with Gasteiger partial charge in [-0.1, -0.05) is 26.1 Å². The van der Waals surface area contributed by atoms with Crippen LogP contribution in [-0.4, -0.2) is 23.5 Å². The van der Waals surface area contributed by atoms with Gasteiger partial charge in [0.25, 0.3) is 0 Å². The molecule has 0 saturated heterocycles. The Morgan fingerprint density at radius 1 is 1.22 bits per heavy atom. The van der Waals surface area contributed by atoms with E-state index in [2.05, 4.69) is 18.7 Å². The fourth-order valence-corrected chi connectivity index (χ4v) is 1.00. The van der Waals surface area contributed by atoms with Crippen LogP contribution in [0.1, 0.15) is 26.7 Å². The summed E-state index contributed by atoms with van der Waals surface area (Å²) in [6, 6.07) is 0. The maximum absolute atomic E-state index is 4.81. The van der Waals surface area contributed by atoms with Crippen LogP contribution in [0.25, 0.3) is 0 Å². The van der Waals surface area contributed by atoms with Crippen LogP contribution < -0.4 is 0 Å². The van der Waals surface area contributed by atoms with Gasteiger partial charge in [-0.3, -0.25) is 0 Å². The lowest BCUT2D eigenvalue weighted by molar-refractivity contribution is 0.434. The highest BCUT2D eigenvalue weighted by Crippen LogP contribution is 1.89. The van der Waals surface area contributed by atoms with Gasteiger partial charge in [0, 0.05) is 13.1 Å². The van der Waals surface area contributed by atoms with Crippen LogP contribution in [-0.2, 0) is 0 Å². The fraction of sp³-hybridized carbons (Fsp3) is 0.857. The molecule has 0 aliphatic carbocycles. The molecule has 54 valence electrons.